The van der Waals surface area contributed by atoms with Gasteiger partial charge in [0.05, 0.1) is 19.6 Å². The van der Waals surface area contributed by atoms with Crippen LogP contribution in [0.15, 0.2) is 0 Å². The monoisotopic (exact) mass is 217 g/mol. The first-order chi connectivity index (χ1) is 6.91. The fraction of sp³-hybridized carbons (Fsp3) is 0.500. The lowest BCUT2D eigenvalue weighted by atomic mass is 10.1. The van der Waals surface area contributed by atoms with Gasteiger partial charge in [-0.05, 0) is 0 Å². The van der Waals surface area contributed by atoms with Crippen molar-refractivity contribution >= 4 is 25.5 Å². The van der Waals surface area contributed by atoms with Crippen LogP contribution < -0.4 is 5.23 Å². The van der Waals surface area contributed by atoms with E-state index in [0.717, 1.165) is 12.4 Å². The highest BCUT2D eigenvalue weighted by Gasteiger charge is 2.14. The predicted octanol–water partition coefficient (Wildman–Crippen LogP) is -2.33. The highest BCUT2D eigenvalue weighted by Crippen LogP contribution is 1.83. The zero-order valence-corrected chi connectivity index (χ0v) is 7.71. The Morgan fingerprint density at radius 1 is 1.00 bits per heavy atom. The second kappa shape index (κ2) is 6.79. The minimum atomic E-state index is -1.20. The van der Waals surface area contributed by atoms with Crippen molar-refractivity contribution in [3.8, 4) is 0 Å². The van der Waals surface area contributed by atoms with Gasteiger partial charge in [0.2, 0.25) is 0 Å². The number of hydrogen-bond acceptors (Lipinski definition) is 5. The fourth-order valence-corrected chi connectivity index (χ4v) is 0.757. The Kier molecular flexibility index (Phi) is 6.06. The number of carboxylic acids is 3. The van der Waals surface area contributed by atoms with Crippen LogP contribution in [-0.4, -0.2) is 65.2 Å². The van der Waals surface area contributed by atoms with E-state index >= 15 is 0 Å². The Balaban J connectivity index is 3.94. The molecule has 0 bridgehead atoms. The number of rotatable bonds is 8. The van der Waals surface area contributed by atoms with Crippen LogP contribution in [0.2, 0.25) is 0 Å². The predicted molar refractivity (Wildman–Crippen MR) is 48.2 cm³/mol. The molecule has 0 rings (SSSR count). The molecule has 0 aromatic rings. The smallest absolute Gasteiger partial charge is 0.316 e. The average molecular weight is 217 g/mol. The van der Waals surface area contributed by atoms with Crippen LogP contribution in [0.4, 0.5) is 0 Å². The zero-order chi connectivity index (χ0) is 11.8. The van der Waals surface area contributed by atoms with Gasteiger partial charge in [0.25, 0.3) is 0 Å². The van der Waals surface area contributed by atoms with Crippen LogP contribution in [0.3, 0.4) is 0 Å². The van der Waals surface area contributed by atoms with E-state index in [9.17, 15) is 14.4 Å². The van der Waals surface area contributed by atoms with Gasteiger partial charge in [-0.2, -0.15) is 0 Å². The summed E-state index contributed by atoms with van der Waals surface area (Å²) in [6.45, 7) is -1.44. The molecule has 0 unspecified atom stereocenters. The van der Waals surface area contributed by atoms with Gasteiger partial charge in [-0.15, -0.1) is 0 Å². The third kappa shape index (κ3) is 8.72. The Morgan fingerprint density at radius 2 is 1.47 bits per heavy atom. The number of carboxylic acid groups (broad SMARTS) is 3. The number of carbonyl (C=O) groups is 3. The number of nitrogens with one attached hydrogen (secondary N) is 1. The van der Waals surface area contributed by atoms with Crippen molar-refractivity contribution in [2.45, 2.75) is 0 Å². The van der Waals surface area contributed by atoms with Crippen LogP contribution in [0.25, 0.3) is 0 Å². The van der Waals surface area contributed by atoms with Gasteiger partial charge in [-0.25, -0.2) is 0 Å². The van der Waals surface area contributed by atoms with Gasteiger partial charge in [0.15, 0.2) is 0 Å². The van der Waals surface area contributed by atoms with Gasteiger partial charge in [0.1, 0.15) is 0 Å². The molecular formula is C6H10BN2O6. The summed E-state index contributed by atoms with van der Waals surface area (Å²) >= 11 is 0. The van der Waals surface area contributed by atoms with Gasteiger partial charge in [-0.1, -0.05) is 0 Å². The molecule has 0 aromatic heterocycles. The standard InChI is InChI=1S/C6H10BN2O6/c10-4(11)1-8-7-9(2-5(12)13)3-6(14)15/h8H,1-3H2,(H,10,11)(H,12,13)(H,14,15). The molecule has 0 saturated heterocycles. The zero-order valence-electron chi connectivity index (χ0n) is 7.71. The van der Waals surface area contributed by atoms with E-state index in [4.69, 9.17) is 15.3 Å². The molecule has 0 saturated carbocycles. The molecule has 0 fully saturated rings. The minimum absolute atomic E-state index is 0.407. The molecule has 0 spiro atoms. The molecule has 15 heavy (non-hydrogen) atoms. The number of hydrogen-bond donors (Lipinski definition) is 4. The normalized spacial score (nSPS) is 9.93. The second-order valence-electron chi connectivity index (χ2n) is 2.60. The average Bonchev–Trinajstić information content (AvgIpc) is 2.00. The fourth-order valence-electron chi connectivity index (χ4n) is 0.757. The third-order valence-corrected chi connectivity index (χ3v) is 1.20. The summed E-state index contributed by atoms with van der Waals surface area (Å²) in [6, 6.07) is 0. The largest absolute Gasteiger partial charge is 0.480 e. The van der Waals surface area contributed by atoms with E-state index in [-0.39, 0.29) is 0 Å². The van der Waals surface area contributed by atoms with Crippen LogP contribution in [0.1, 0.15) is 0 Å². The first kappa shape index (κ1) is 13.4. The van der Waals surface area contributed by atoms with Crippen molar-refractivity contribution < 1.29 is 29.7 Å². The summed E-state index contributed by atoms with van der Waals surface area (Å²) in [6.07, 6.45) is 0. The Hall–Kier alpha value is -1.61. The highest BCUT2D eigenvalue weighted by atomic mass is 16.4. The number of aliphatic carboxylic acids is 3. The summed E-state index contributed by atoms with van der Waals surface area (Å²) < 4.78 is 0. The summed E-state index contributed by atoms with van der Waals surface area (Å²) in [5.41, 5.74) is 0. The Bertz CT molecular complexity index is 242. The molecule has 1 radical (unpaired) electrons. The third-order valence-electron chi connectivity index (χ3n) is 1.20. The molecular weight excluding hydrogens is 207 g/mol. The van der Waals surface area contributed by atoms with Gasteiger partial charge < -0.3 is 25.4 Å². The van der Waals surface area contributed by atoms with Crippen molar-refractivity contribution in [1.29, 1.82) is 0 Å². The van der Waals surface area contributed by atoms with Gasteiger partial charge in [-0.3, -0.25) is 14.4 Å². The Morgan fingerprint density at radius 3 is 1.80 bits per heavy atom. The lowest BCUT2D eigenvalue weighted by Gasteiger charge is -2.15. The lowest BCUT2D eigenvalue weighted by Crippen LogP contribution is -2.45. The van der Waals surface area contributed by atoms with E-state index in [1.807, 2.05) is 0 Å². The van der Waals surface area contributed by atoms with Crippen molar-refractivity contribution in [3.05, 3.63) is 0 Å². The molecule has 0 atom stereocenters. The molecule has 8 nitrogen and oxygen atoms in total. The molecule has 4 N–H and O–H groups in total. The van der Waals surface area contributed by atoms with Crippen molar-refractivity contribution in [2.75, 3.05) is 19.6 Å². The molecule has 83 valence electrons. The topological polar surface area (TPSA) is 127 Å². The lowest BCUT2D eigenvalue weighted by molar-refractivity contribution is -0.140. The van der Waals surface area contributed by atoms with Crippen LogP contribution >= 0.6 is 0 Å². The van der Waals surface area contributed by atoms with Crippen LogP contribution in [0, 0.1) is 0 Å². The van der Waals surface area contributed by atoms with Crippen LogP contribution in [0.5, 0.6) is 0 Å². The van der Waals surface area contributed by atoms with Gasteiger partial charge >= 0.3 is 25.5 Å². The van der Waals surface area contributed by atoms with Crippen molar-refractivity contribution in [2.24, 2.45) is 0 Å². The van der Waals surface area contributed by atoms with E-state index < -0.39 is 37.5 Å². The molecule has 0 aliphatic heterocycles. The van der Waals surface area contributed by atoms with E-state index in [1.165, 1.54) is 0 Å². The quantitative estimate of drug-likeness (QED) is 0.333. The van der Waals surface area contributed by atoms with E-state index in [2.05, 4.69) is 5.23 Å². The summed E-state index contributed by atoms with van der Waals surface area (Å²) in [5, 5.41) is 27.3. The maximum Gasteiger partial charge on any atom is 0.316 e. The maximum atomic E-state index is 10.3. The van der Waals surface area contributed by atoms with E-state index in [0.29, 0.717) is 0 Å². The molecule has 0 aliphatic carbocycles. The molecule has 0 aromatic carbocycles. The molecule has 9 heteroatoms. The Labute approximate surface area is 85.8 Å². The SMILES string of the molecule is O=C(O)CN[B]N(CC(=O)O)CC(=O)O. The van der Waals surface area contributed by atoms with Crippen molar-refractivity contribution in [1.82, 2.24) is 10.0 Å². The molecule has 0 aliphatic rings. The number of nitrogens with zero attached hydrogens (tertiary/aromatic N) is 1. The maximum absolute atomic E-state index is 10.3. The summed E-state index contributed by atoms with van der Waals surface area (Å²) in [7, 11) is 1.02. The summed E-state index contributed by atoms with van der Waals surface area (Å²) in [5.74, 6) is -3.54. The summed E-state index contributed by atoms with van der Waals surface area (Å²) in [4.78, 5) is 31.6. The minimum Gasteiger partial charge on any atom is -0.480 e. The highest BCUT2D eigenvalue weighted by molar-refractivity contribution is 6.30. The molecule has 0 heterocycles. The first-order valence-corrected chi connectivity index (χ1v) is 3.88. The van der Waals surface area contributed by atoms with Gasteiger partial charge in [0, 0.05) is 0 Å². The molecule has 0 amide bonds. The second-order valence-corrected chi connectivity index (χ2v) is 2.60. The van der Waals surface area contributed by atoms with Crippen molar-refractivity contribution in [3.63, 3.8) is 0 Å². The van der Waals surface area contributed by atoms with Crippen LogP contribution in [-0.2, 0) is 14.4 Å². The van der Waals surface area contributed by atoms with E-state index in [1.54, 1.807) is 0 Å². The first-order valence-electron chi connectivity index (χ1n) is 3.88.